The van der Waals surface area contributed by atoms with Crippen molar-refractivity contribution in [3.63, 3.8) is 0 Å². The second-order valence-corrected chi connectivity index (χ2v) is 9.72. The highest BCUT2D eigenvalue weighted by Gasteiger charge is 2.25. The number of anilines is 1. The van der Waals surface area contributed by atoms with Gasteiger partial charge in [-0.25, -0.2) is 13.2 Å². The summed E-state index contributed by atoms with van der Waals surface area (Å²) in [6, 6.07) is 9.16. The maximum absolute atomic E-state index is 13.0. The molecule has 0 aliphatic rings. The Morgan fingerprint density at radius 1 is 1.12 bits per heavy atom. The SMILES string of the molecule is CCN(CC)S(=O)(=O)c1ccc2onc(C(=O)Nc3ccc(Br)cc3-c3noc(=O)[nH]3)c2c1. The van der Waals surface area contributed by atoms with Crippen LogP contribution in [0.5, 0.6) is 0 Å². The number of nitrogens with zero attached hydrogens (tertiary/aromatic N) is 3. The van der Waals surface area contributed by atoms with Crippen LogP contribution in [0.3, 0.4) is 0 Å². The van der Waals surface area contributed by atoms with E-state index >= 15 is 0 Å². The van der Waals surface area contributed by atoms with Crippen molar-refractivity contribution in [3.8, 4) is 11.4 Å². The highest BCUT2D eigenvalue weighted by Crippen LogP contribution is 2.30. The minimum Gasteiger partial charge on any atom is -0.355 e. The van der Waals surface area contributed by atoms with Gasteiger partial charge in [0, 0.05) is 23.1 Å². The number of amides is 1. The molecule has 0 unspecified atom stereocenters. The van der Waals surface area contributed by atoms with E-state index in [1.54, 1.807) is 32.0 Å². The van der Waals surface area contributed by atoms with E-state index in [1.807, 2.05) is 0 Å². The standard InChI is InChI=1S/C20H18BrN5O6S/c1-3-26(4-2)33(29,30)12-6-8-16-14(10-12)17(24-31-16)19(27)22-15-7-5-11(21)9-13(15)18-23-20(28)32-25-18/h5-10H,3-4H2,1-2H3,(H,22,27)(H,23,25,28). The third kappa shape index (κ3) is 4.34. The number of hydrogen-bond acceptors (Lipinski definition) is 8. The normalized spacial score (nSPS) is 11.9. The van der Waals surface area contributed by atoms with E-state index in [1.165, 1.54) is 22.5 Å². The maximum atomic E-state index is 13.0. The Morgan fingerprint density at radius 3 is 2.55 bits per heavy atom. The van der Waals surface area contributed by atoms with Gasteiger partial charge in [-0.1, -0.05) is 40.1 Å². The van der Waals surface area contributed by atoms with Gasteiger partial charge in [0.05, 0.1) is 16.0 Å². The van der Waals surface area contributed by atoms with Crippen LogP contribution < -0.4 is 11.1 Å². The van der Waals surface area contributed by atoms with E-state index < -0.39 is 21.7 Å². The van der Waals surface area contributed by atoms with Crippen LogP contribution in [0.4, 0.5) is 5.69 Å². The second-order valence-electron chi connectivity index (χ2n) is 6.87. The summed E-state index contributed by atoms with van der Waals surface area (Å²) >= 11 is 3.34. The Labute approximate surface area is 195 Å². The molecule has 4 aromatic rings. The van der Waals surface area contributed by atoms with E-state index in [0.29, 0.717) is 28.8 Å². The predicted molar refractivity (Wildman–Crippen MR) is 122 cm³/mol. The van der Waals surface area contributed by atoms with Gasteiger partial charge in [-0.2, -0.15) is 4.31 Å². The number of aromatic amines is 1. The van der Waals surface area contributed by atoms with Crippen LogP contribution in [0.2, 0.25) is 0 Å². The molecule has 0 atom stereocenters. The van der Waals surface area contributed by atoms with Crippen molar-refractivity contribution in [2.24, 2.45) is 0 Å². The molecule has 2 heterocycles. The molecule has 0 spiro atoms. The topological polar surface area (TPSA) is 151 Å². The van der Waals surface area contributed by atoms with Crippen molar-refractivity contribution < 1.29 is 22.3 Å². The van der Waals surface area contributed by atoms with Crippen LogP contribution in [0.25, 0.3) is 22.4 Å². The first kappa shape index (κ1) is 22.9. The predicted octanol–water partition coefficient (Wildman–Crippen LogP) is 3.22. The van der Waals surface area contributed by atoms with Gasteiger partial charge in [0.15, 0.2) is 17.1 Å². The summed E-state index contributed by atoms with van der Waals surface area (Å²) in [7, 11) is -3.74. The molecule has 1 amide bonds. The Hall–Kier alpha value is -3.29. The molecule has 0 saturated carbocycles. The molecule has 13 heteroatoms. The lowest BCUT2D eigenvalue weighted by Crippen LogP contribution is -2.30. The molecule has 0 bridgehead atoms. The molecule has 0 fully saturated rings. The first-order valence-corrected chi connectivity index (χ1v) is 12.0. The van der Waals surface area contributed by atoms with E-state index in [9.17, 15) is 18.0 Å². The van der Waals surface area contributed by atoms with E-state index in [0.717, 1.165) is 0 Å². The lowest BCUT2D eigenvalue weighted by Gasteiger charge is -2.18. The lowest BCUT2D eigenvalue weighted by molar-refractivity contribution is 0.102. The first-order chi connectivity index (χ1) is 15.7. The van der Waals surface area contributed by atoms with Crippen molar-refractivity contribution in [1.82, 2.24) is 19.6 Å². The molecule has 172 valence electrons. The molecule has 2 N–H and O–H groups in total. The lowest BCUT2D eigenvalue weighted by atomic mass is 10.1. The van der Waals surface area contributed by atoms with Gasteiger partial charge in [-0.15, -0.1) is 0 Å². The third-order valence-electron chi connectivity index (χ3n) is 4.92. The molecule has 0 aliphatic carbocycles. The number of nitrogens with one attached hydrogen (secondary N) is 2. The number of halogens is 1. The van der Waals surface area contributed by atoms with Crippen LogP contribution in [0.1, 0.15) is 24.3 Å². The van der Waals surface area contributed by atoms with E-state index in [2.05, 4.69) is 41.1 Å². The number of carbonyl (C=O) groups excluding carboxylic acids is 1. The van der Waals surface area contributed by atoms with Crippen molar-refractivity contribution in [1.29, 1.82) is 0 Å². The number of carbonyl (C=O) groups is 1. The summed E-state index contributed by atoms with van der Waals surface area (Å²) < 4.78 is 37.6. The molecule has 0 aliphatic heterocycles. The van der Waals surface area contributed by atoms with E-state index in [4.69, 9.17) is 4.52 Å². The highest BCUT2D eigenvalue weighted by molar-refractivity contribution is 9.10. The number of rotatable bonds is 7. The molecule has 2 aromatic carbocycles. The zero-order chi connectivity index (χ0) is 23.8. The first-order valence-electron chi connectivity index (χ1n) is 9.81. The van der Waals surface area contributed by atoms with Crippen LogP contribution in [-0.4, -0.2) is 47.0 Å². The van der Waals surface area contributed by atoms with Gasteiger partial charge >= 0.3 is 5.76 Å². The number of H-pyrrole nitrogens is 1. The average molecular weight is 536 g/mol. The largest absolute Gasteiger partial charge is 0.439 e. The minimum atomic E-state index is -3.74. The molecular weight excluding hydrogens is 518 g/mol. The Balaban J connectivity index is 1.73. The molecular formula is C20H18BrN5O6S. The quantitative estimate of drug-likeness (QED) is 0.365. The Morgan fingerprint density at radius 2 is 1.88 bits per heavy atom. The average Bonchev–Trinajstić information content (AvgIpc) is 3.41. The van der Waals surface area contributed by atoms with Gasteiger partial charge in [-0.3, -0.25) is 14.3 Å². The minimum absolute atomic E-state index is 0.0282. The molecule has 11 nitrogen and oxygen atoms in total. The van der Waals surface area contributed by atoms with Crippen LogP contribution in [-0.2, 0) is 10.0 Å². The fourth-order valence-electron chi connectivity index (χ4n) is 3.30. The number of fused-ring (bicyclic) bond motifs is 1. The second kappa shape index (κ2) is 8.92. The summed E-state index contributed by atoms with van der Waals surface area (Å²) in [5.41, 5.74) is 0.872. The van der Waals surface area contributed by atoms with Crippen LogP contribution in [0, 0.1) is 0 Å². The summed E-state index contributed by atoms with van der Waals surface area (Å²) in [6.07, 6.45) is 0. The van der Waals surface area contributed by atoms with Gasteiger partial charge in [0.25, 0.3) is 5.91 Å². The molecule has 0 saturated heterocycles. The molecule has 0 radical (unpaired) electrons. The Kier molecular flexibility index (Phi) is 6.19. The van der Waals surface area contributed by atoms with Crippen LogP contribution in [0.15, 0.2) is 59.6 Å². The number of hydrogen-bond donors (Lipinski definition) is 2. The van der Waals surface area contributed by atoms with Gasteiger partial charge < -0.3 is 9.84 Å². The van der Waals surface area contributed by atoms with Crippen LogP contribution >= 0.6 is 15.9 Å². The smallest absolute Gasteiger partial charge is 0.355 e. The summed E-state index contributed by atoms with van der Waals surface area (Å²) in [6.45, 7) is 4.11. The van der Waals surface area contributed by atoms with Crippen molar-refractivity contribution in [2.45, 2.75) is 18.7 Å². The fraction of sp³-hybridized carbons (Fsp3) is 0.200. The van der Waals surface area contributed by atoms with Gasteiger partial charge in [-0.05, 0) is 36.4 Å². The van der Waals surface area contributed by atoms with Crippen molar-refractivity contribution in [3.05, 3.63) is 57.1 Å². The van der Waals surface area contributed by atoms with Gasteiger partial charge in [0.2, 0.25) is 10.0 Å². The third-order valence-corrected chi connectivity index (χ3v) is 7.46. The zero-order valence-corrected chi connectivity index (χ0v) is 19.9. The van der Waals surface area contributed by atoms with Gasteiger partial charge in [0.1, 0.15) is 0 Å². The number of aromatic nitrogens is 3. The molecule has 33 heavy (non-hydrogen) atoms. The maximum Gasteiger partial charge on any atom is 0.439 e. The zero-order valence-electron chi connectivity index (χ0n) is 17.5. The Bertz CT molecular complexity index is 1500. The summed E-state index contributed by atoms with van der Waals surface area (Å²) in [4.78, 5) is 26.9. The summed E-state index contributed by atoms with van der Waals surface area (Å²) in [5.74, 6) is -1.26. The molecule has 4 rings (SSSR count). The highest BCUT2D eigenvalue weighted by atomic mass is 79.9. The van der Waals surface area contributed by atoms with Crippen molar-refractivity contribution >= 4 is 48.5 Å². The number of sulfonamides is 1. The summed E-state index contributed by atoms with van der Waals surface area (Å²) in [5, 5.41) is 10.4. The molecule has 2 aromatic heterocycles. The van der Waals surface area contributed by atoms with E-state index in [-0.39, 0.29) is 27.4 Å². The van der Waals surface area contributed by atoms with Crippen molar-refractivity contribution in [2.75, 3.05) is 18.4 Å². The monoisotopic (exact) mass is 535 g/mol. The number of benzene rings is 2. The fourth-order valence-corrected chi connectivity index (χ4v) is 5.15.